The van der Waals surface area contributed by atoms with Gasteiger partial charge in [-0.2, -0.15) is 0 Å². The number of benzene rings is 1. The summed E-state index contributed by atoms with van der Waals surface area (Å²) in [4.78, 5) is 0. The molecule has 0 aromatic heterocycles. The van der Waals surface area contributed by atoms with E-state index < -0.39 is 0 Å². The number of aryl methyl sites for hydroxylation is 2. The maximum absolute atomic E-state index is 5.59. The third-order valence-corrected chi connectivity index (χ3v) is 4.76. The van der Waals surface area contributed by atoms with Gasteiger partial charge in [0.25, 0.3) is 0 Å². The van der Waals surface area contributed by atoms with E-state index in [1.54, 1.807) is 0 Å². The second-order valence-electron chi connectivity index (χ2n) is 6.44. The lowest BCUT2D eigenvalue weighted by molar-refractivity contribution is -0.0699. The molecule has 2 aliphatic heterocycles. The summed E-state index contributed by atoms with van der Waals surface area (Å²) in [6, 6.07) is 7.56. The molecular weight excluding hydrogens is 234 g/mol. The molecule has 0 spiro atoms. The summed E-state index contributed by atoms with van der Waals surface area (Å²) < 4.78 is 5.59. The average molecular weight is 259 g/mol. The molecule has 104 valence electrons. The molecule has 0 saturated carbocycles. The predicted octanol–water partition coefficient (Wildman–Crippen LogP) is 3.10. The van der Waals surface area contributed by atoms with Crippen LogP contribution >= 0.6 is 0 Å². The van der Waals surface area contributed by atoms with Crippen LogP contribution in [0.3, 0.4) is 0 Å². The Hall–Kier alpha value is -0.860. The molecule has 0 radical (unpaired) electrons. The zero-order valence-electron chi connectivity index (χ0n) is 12.2. The molecule has 2 fully saturated rings. The van der Waals surface area contributed by atoms with Crippen LogP contribution in [0, 0.1) is 13.8 Å². The molecule has 2 saturated heterocycles. The summed E-state index contributed by atoms with van der Waals surface area (Å²) in [6.45, 7) is 7.40. The molecule has 0 bridgehead atoms. The molecule has 2 nitrogen and oxygen atoms in total. The van der Waals surface area contributed by atoms with E-state index in [0.717, 1.165) is 13.2 Å². The molecule has 0 amide bonds. The van der Waals surface area contributed by atoms with Crippen molar-refractivity contribution in [2.24, 2.45) is 0 Å². The van der Waals surface area contributed by atoms with Crippen molar-refractivity contribution in [3.8, 4) is 0 Å². The van der Waals surface area contributed by atoms with Gasteiger partial charge in [-0.3, -0.25) is 0 Å². The first-order valence-corrected chi connectivity index (χ1v) is 7.58. The number of hydrogen-bond acceptors (Lipinski definition) is 2. The van der Waals surface area contributed by atoms with Crippen LogP contribution in [-0.2, 0) is 10.2 Å². The van der Waals surface area contributed by atoms with Crippen LogP contribution in [0.25, 0.3) is 0 Å². The Bertz CT molecular complexity index is 445. The zero-order chi connectivity index (χ0) is 13.3. The Labute approximate surface area is 116 Å². The first-order chi connectivity index (χ1) is 9.20. The minimum absolute atomic E-state index is 0.271. The fourth-order valence-electron chi connectivity index (χ4n) is 3.71. The third kappa shape index (κ3) is 2.56. The van der Waals surface area contributed by atoms with Gasteiger partial charge in [0, 0.05) is 11.5 Å². The van der Waals surface area contributed by atoms with Gasteiger partial charge in [-0.1, -0.05) is 30.2 Å². The topological polar surface area (TPSA) is 21.3 Å². The van der Waals surface area contributed by atoms with E-state index in [9.17, 15) is 0 Å². The highest BCUT2D eigenvalue weighted by atomic mass is 16.5. The van der Waals surface area contributed by atoms with Crippen LogP contribution in [0.4, 0.5) is 0 Å². The van der Waals surface area contributed by atoms with Crippen molar-refractivity contribution in [1.29, 1.82) is 0 Å². The van der Waals surface area contributed by atoms with E-state index >= 15 is 0 Å². The van der Waals surface area contributed by atoms with Crippen LogP contribution < -0.4 is 5.32 Å². The van der Waals surface area contributed by atoms with Crippen molar-refractivity contribution in [1.82, 2.24) is 5.32 Å². The Balaban J connectivity index is 1.81. The van der Waals surface area contributed by atoms with Crippen molar-refractivity contribution < 1.29 is 4.74 Å². The van der Waals surface area contributed by atoms with E-state index in [0.29, 0.717) is 6.04 Å². The first-order valence-electron chi connectivity index (χ1n) is 7.58. The van der Waals surface area contributed by atoms with E-state index in [2.05, 4.69) is 37.4 Å². The molecular formula is C17H25NO. The van der Waals surface area contributed by atoms with Gasteiger partial charge < -0.3 is 10.1 Å². The molecule has 1 aromatic rings. The normalized spacial score (nSPS) is 25.9. The fraction of sp³-hybridized carbons (Fsp3) is 0.647. The maximum atomic E-state index is 5.59. The highest BCUT2D eigenvalue weighted by molar-refractivity contribution is 5.38. The van der Waals surface area contributed by atoms with Gasteiger partial charge in [-0.05, 0) is 50.8 Å². The number of hydrogen-bond donors (Lipinski definition) is 1. The summed E-state index contributed by atoms with van der Waals surface area (Å²) in [5.74, 6) is 0. The van der Waals surface area contributed by atoms with Crippen LogP contribution in [0.5, 0.6) is 0 Å². The largest absolute Gasteiger partial charge is 0.379 e. The summed E-state index contributed by atoms with van der Waals surface area (Å²) in [6.07, 6.45) is 5.27. The van der Waals surface area contributed by atoms with Gasteiger partial charge in [0.1, 0.15) is 0 Å². The molecule has 1 unspecified atom stereocenters. The third-order valence-electron chi connectivity index (χ3n) is 4.76. The number of ether oxygens (including phenoxy) is 1. The van der Waals surface area contributed by atoms with Crippen LogP contribution in [0.15, 0.2) is 18.2 Å². The lowest BCUT2D eigenvalue weighted by Gasteiger charge is -2.45. The second kappa shape index (κ2) is 5.26. The van der Waals surface area contributed by atoms with Gasteiger partial charge >= 0.3 is 0 Å². The van der Waals surface area contributed by atoms with Gasteiger partial charge in [-0.25, -0.2) is 0 Å². The highest BCUT2D eigenvalue weighted by Crippen LogP contribution is 2.39. The monoisotopic (exact) mass is 259 g/mol. The molecule has 19 heavy (non-hydrogen) atoms. The fourth-order valence-corrected chi connectivity index (χ4v) is 3.71. The van der Waals surface area contributed by atoms with Crippen LogP contribution in [0.2, 0.25) is 0 Å². The minimum atomic E-state index is 0.271. The second-order valence-corrected chi connectivity index (χ2v) is 6.44. The molecule has 3 rings (SSSR count). The molecule has 1 atom stereocenters. The maximum Gasteiger partial charge on any atom is 0.0586 e. The number of nitrogens with one attached hydrogen (secondary N) is 1. The zero-order valence-corrected chi connectivity index (χ0v) is 12.2. The van der Waals surface area contributed by atoms with Crippen molar-refractivity contribution in [2.45, 2.75) is 51.0 Å². The Kier molecular flexibility index (Phi) is 3.64. The summed E-state index contributed by atoms with van der Waals surface area (Å²) >= 11 is 0. The minimum Gasteiger partial charge on any atom is -0.379 e. The van der Waals surface area contributed by atoms with Gasteiger partial charge in [0.15, 0.2) is 0 Å². The van der Waals surface area contributed by atoms with Crippen molar-refractivity contribution >= 4 is 0 Å². The number of piperidine rings is 1. The Morgan fingerprint density at radius 2 is 2.11 bits per heavy atom. The lowest BCUT2D eigenvalue weighted by atomic mass is 9.71. The van der Waals surface area contributed by atoms with Crippen LogP contribution in [-0.4, -0.2) is 25.8 Å². The lowest BCUT2D eigenvalue weighted by Crippen LogP contribution is -2.52. The molecule has 1 N–H and O–H groups in total. The molecule has 0 aliphatic carbocycles. The Morgan fingerprint density at radius 1 is 1.26 bits per heavy atom. The predicted molar refractivity (Wildman–Crippen MR) is 78.7 cm³/mol. The van der Waals surface area contributed by atoms with Crippen molar-refractivity contribution in [2.75, 3.05) is 19.8 Å². The van der Waals surface area contributed by atoms with E-state index in [1.807, 2.05) is 0 Å². The standard InChI is InChI=1S/C17H25NO/c1-13-6-7-16(14(2)9-13)17(11-19-12-17)10-15-5-3-4-8-18-15/h6-7,9,15,18H,3-5,8,10-12H2,1-2H3. The smallest absolute Gasteiger partial charge is 0.0586 e. The van der Waals surface area contributed by atoms with Crippen LogP contribution in [0.1, 0.15) is 42.4 Å². The molecule has 2 heterocycles. The van der Waals surface area contributed by atoms with Gasteiger partial charge in [0.2, 0.25) is 0 Å². The highest BCUT2D eigenvalue weighted by Gasteiger charge is 2.42. The summed E-state index contributed by atoms with van der Waals surface area (Å²) in [5.41, 5.74) is 4.57. The average Bonchev–Trinajstić information content (AvgIpc) is 2.36. The quantitative estimate of drug-likeness (QED) is 0.900. The molecule has 1 aromatic carbocycles. The first kappa shape index (κ1) is 13.1. The number of rotatable bonds is 3. The van der Waals surface area contributed by atoms with Gasteiger partial charge in [0.05, 0.1) is 13.2 Å². The van der Waals surface area contributed by atoms with E-state index in [1.165, 1.54) is 48.9 Å². The molecule has 2 heteroatoms. The SMILES string of the molecule is Cc1ccc(C2(CC3CCCCN3)COC2)c(C)c1. The summed E-state index contributed by atoms with van der Waals surface area (Å²) in [5, 5.41) is 3.69. The van der Waals surface area contributed by atoms with E-state index in [-0.39, 0.29) is 5.41 Å². The summed E-state index contributed by atoms with van der Waals surface area (Å²) in [7, 11) is 0. The van der Waals surface area contributed by atoms with Gasteiger partial charge in [-0.15, -0.1) is 0 Å². The van der Waals surface area contributed by atoms with Crippen molar-refractivity contribution in [3.05, 3.63) is 34.9 Å². The Morgan fingerprint density at radius 3 is 2.68 bits per heavy atom. The van der Waals surface area contributed by atoms with E-state index in [4.69, 9.17) is 4.74 Å². The van der Waals surface area contributed by atoms with Crippen molar-refractivity contribution in [3.63, 3.8) is 0 Å². The molecule has 2 aliphatic rings.